The molecule has 1 fully saturated rings. The van der Waals surface area contributed by atoms with E-state index in [-0.39, 0.29) is 10.8 Å². The summed E-state index contributed by atoms with van der Waals surface area (Å²) in [6.07, 6.45) is 4.84. The molecule has 1 aliphatic rings. The van der Waals surface area contributed by atoms with Crippen LogP contribution < -0.4 is 5.73 Å². The van der Waals surface area contributed by atoms with Crippen LogP contribution in [0.5, 0.6) is 0 Å². The highest BCUT2D eigenvalue weighted by Gasteiger charge is 2.48. The van der Waals surface area contributed by atoms with Crippen LogP contribution in [0.2, 0.25) is 0 Å². The fraction of sp³-hybridized carbons (Fsp3) is 0.867. The number of aromatic nitrogens is 2. The molecule has 4 heteroatoms. The zero-order valence-electron chi connectivity index (χ0n) is 12.9. The third-order valence-corrected chi connectivity index (χ3v) is 3.92. The quantitative estimate of drug-likeness (QED) is 0.909. The van der Waals surface area contributed by atoms with Gasteiger partial charge in [-0.05, 0) is 36.5 Å². The van der Waals surface area contributed by atoms with Crippen LogP contribution in [0.3, 0.4) is 0 Å². The topological polar surface area (TPSA) is 64.9 Å². The summed E-state index contributed by atoms with van der Waals surface area (Å²) in [4.78, 5) is 4.52. The smallest absolute Gasteiger partial charge is 0.226 e. The van der Waals surface area contributed by atoms with E-state index in [1.54, 1.807) is 0 Å². The number of nitrogens with zero attached hydrogens (tertiary/aromatic N) is 2. The lowest BCUT2D eigenvalue weighted by atomic mass is 9.58. The van der Waals surface area contributed by atoms with Crippen molar-refractivity contribution in [3.05, 3.63) is 11.7 Å². The summed E-state index contributed by atoms with van der Waals surface area (Å²) < 4.78 is 5.32. The number of rotatable bonds is 3. The molecule has 0 spiro atoms. The van der Waals surface area contributed by atoms with Crippen LogP contribution in [-0.2, 0) is 12.0 Å². The Morgan fingerprint density at radius 1 is 1.11 bits per heavy atom. The van der Waals surface area contributed by atoms with Crippen molar-refractivity contribution < 1.29 is 4.52 Å². The lowest BCUT2D eigenvalue weighted by Crippen LogP contribution is -2.50. The van der Waals surface area contributed by atoms with Crippen LogP contribution >= 0.6 is 0 Å². The van der Waals surface area contributed by atoms with Crippen LogP contribution in [-0.4, -0.2) is 10.1 Å². The maximum atomic E-state index is 6.66. The van der Waals surface area contributed by atoms with Gasteiger partial charge in [0.1, 0.15) is 0 Å². The molecule has 108 valence electrons. The second kappa shape index (κ2) is 4.58. The van der Waals surface area contributed by atoms with Crippen LogP contribution in [0.4, 0.5) is 0 Å². The Labute approximate surface area is 116 Å². The van der Waals surface area contributed by atoms with Gasteiger partial charge in [0.05, 0.1) is 5.54 Å². The van der Waals surface area contributed by atoms with Crippen molar-refractivity contribution >= 4 is 0 Å². The Bertz CT molecular complexity index is 432. The number of hydrogen-bond acceptors (Lipinski definition) is 4. The van der Waals surface area contributed by atoms with Gasteiger partial charge < -0.3 is 10.3 Å². The molecule has 0 aliphatic heterocycles. The van der Waals surface area contributed by atoms with Gasteiger partial charge in [0.25, 0.3) is 0 Å². The molecule has 4 nitrogen and oxygen atoms in total. The fourth-order valence-electron chi connectivity index (χ4n) is 4.12. The average Bonchev–Trinajstić information content (AvgIpc) is 2.61. The van der Waals surface area contributed by atoms with Crippen LogP contribution in [0.1, 0.15) is 72.0 Å². The van der Waals surface area contributed by atoms with Gasteiger partial charge in [0.2, 0.25) is 5.89 Å². The molecule has 0 radical (unpaired) electrons. The predicted octanol–water partition coefficient (Wildman–Crippen LogP) is 3.41. The zero-order valence-corrected chi connectivity index (χ0v) is 12.9. The molecule has 0 bridgehead atoms. The molecular formula is C15H27N3O. The molecule has 0 aromatic carbocycles. The summed E-state index contributed by atoms with van der Waals surface area (Å²) in [5.41, 5.74) is 6.62. The van der Waals surface area contributed by atoms with Gasteiger partial charge in [0.15, 0.2) is 5.82 Å². The molecular weight excluding hydrogens is 238 g/mol. The van der Waals surface area contributed by atoms with Crippen molar-refractivity contribution in [2.45, 2.75) is 72.3 Å². The molecule has 1 saturated carbocycles. The highest BCUT2D eigenvalue weighted by Crippen LogP contribution is 2.52. The van der Waals surface area contributed by atoms with Crippen molar-refractivity contribution in [1.82, 2.24) is 10.1 Å². The SMILES string of the molecule is CCCc1nc(C2(N)CC(C)(C)CC(C)(C)C2)no1. The predicted molar refractivity (Wildman–Crippen MR) is 75.6 cm³/mol. The van der Waals surface area contributed by atoms with Crippen LogP contribution in [0.25, 0.3) is 0 Å². The van der Waals surface area contributed by atoms with Gasteiger partial charge >= 0.3 is 0 Å². The van der Waals surface area contributed by atoms with Gasteiger partial charge in [-0.15, -0.1) is 0 Å². The third-order valence-electron chi connectivity index (χ3n) is 3.92. The Morgan fingerprint density at radius 3 is 2.21 bits per heavy atom. The number of hydrogen-bond donors (Lipinski definition) is 1. The lowest BCUT2D eigenvalue weighted by molar-refractivity contribution is 0.0417. The van der Waals surface area contributed by atoms with E-state index in [1.165, 1.54) is 6.42 Å². The zero-order chi connectivity index (χ0) is 14.3. The summed E-state index contributed by atoms with van der Waals surface area (Å²) in [6, 6.07) is 0. The van der Waals surface area contributed by atoms with Crippen LogP contribution in [0, 0.1) is 10.8 Å². The molecule has 0 atom stereocenters. The van der Waals surface area contributed by atoms with Crippen molar-refractivity contribution in [2.24, 2.45) is 16.6 Å². The fourth-order valence-corrected chi connectivity index (χ4v) is 4.12. The first-order chi connectivity index (χ1) is 8.66. The van der Waals surface area contributed by atoms with Gasteiger partial charge in [0, 0.05) is 6.42 Å². The molecule has 1 aromatic heterocycles. The minimum atomic E-state index is -0.458. The minimum absolute atomic E-state index is 0.210. The molecule has 2 N–H and O–H groups in total. The average molecular weight is 265 g/mol. The summed E-state index contributed by atoms with van der Waals surface area (Å²) in [6.45, 7) is 11.2. The second-order valence-electron chi connectivity index (χ2n) is 7.78. The molecule has 0 unspecified atom stereocenters. The largest absolute Gasteiger partial charge is 0.339 e. The monoisotopic (exact) mass is 265 g/mol. The summed E-state index contributed by atoms with van der Waals surface area (Å²) in [5, 5.41) is 4.15. The van der Waals surface area contributed by atoms with E-state index in [1.807, 2.05) is 0 Å². The molecule has 0 saturated heterocycles. The van der Waals surface area contributed by atoms with Crippen molar-refractivity contribution in [1.29, 1.82) is 0 Å². The molecule has 1 aliphatic carbocycles. The van der Waals surface area contributed by atoms with Crippen molar-refractivity contribution in [3.63, 3.8) is 0 Å². The van der Waals surface area contributed by atoms with E-state index in [4.69, 9.17) is 10.3 Å². The minimum Gasteiger partial charge on any atom is -0.339 e. The maximum absolute atomic E-state index is 6.66. The van der Waals surface area contributed by atoms with Gasteiger partial charge in [-0.2, -0.15) is 4.98 Å². The van der Waals surface area contributed by atoms with E-state index in [0.717, 1.165) is 25.7 Å². The van der Waals surface area contributed by atoms with E-state index in [9.17, 15) is 0 Å². The highest BCUT2D eigenvalue weighted by molar-refractivity contribution is 5.11. The Hall–Kier alpha value is -0.900. The summed E-state index contributed by atoms with van der Waals surface area (Å²) in [5.74, 6) is 1.40. The van der Waals surface area contributed by atoms with Gasteiger partial charge in [-0.25, -0.2) is 0 Å². The van der Waals surface area contributed by atoms with E-state index in [2.05, 4.69) is 44.8 Å². The first kappa shape index (κ1) is 14.5. The van der Waals surface area contributed by atoms with Crippen molar-refractivity contribution in [3.8, 4) is 0 Å². The Morgan fingerprint density at radius 2 is 1.68 bits per heavy atom. The van der Waals surface area contributed by atoms with Crippen LogP contribution in [0.15, 0.2) is 4.52 Å². The molecule has 1 aromatic rings. The Balaban J connectivity index is 2.29. The Kier molecular flexibility index (Phi) is 3.50. The van der Waals surface area contributed by atoms with Gasteiger partial charge in [-0.3, -0.25) is 0 Å². The lowest BCUT2D eigenvalue weighted by Gasteiger charge is -2.49. The van der Waals surface area contributed by atoms with E-state index in [0.29, 0.717) is 11.7 Å². The second-order valence-corrected chi connectivity index (χ2v) is 7.78. The highest BCUT2D eigenvalue weighted by atomic mass is 16.5. The third kappa shape index (κ3) is 3.16. The molecule has 0 amide bonds. The van der Waals surface area contributed by atoms with Gasteiger partial charge in [-0.1, -0.05) is 39.8 Å². The first-order valence-corrected chi connectivity index (χ1v) is 7.28. The standard InChI is InChI=1S/C15H27N3O/c1-6-7-11-17-12(18-19-11)15(16)9-13(2,3)8-14(4,5)10-15/h6-10,16H2,1-5H3. The summed E-state index contributed by atoms with van der Waals surface area (Å²) in [7, 11) is 0. The van der Waals surface area contributed by atoms with E-state index >= 15 is 0 Å². The maximum Gasteiger partial charge on any atom is 0.226 e. The normalized spacial score (nSPS) is 24.3. The first-order valence-electron chi connectivity index (χ1n) is 7.28. The number of aryl methyl sites for hydroxylation is 1. The number of nitrogens with two attached hydrogens (primary N) is 1. The molecule has 19 heavy (non-hydrogen) atoms. The molecule has 1 heterocycles. The van der Waals surface area contributed by atoms with Crippen molar-refractivity contribution in [2.75, 3.05) is 0 Å². The molecule has 2 rings (SSSR count). The summed E-state index contributed by atoms with van der Waals surface area (Å²) >= 11 is 0. The van der Waals surface area contributed by atoms with E-state index < -0.39 is 5.54 Å².